The molecule has 1 aliphatic rings. The normalized spacial score (nSPS) is 17.7. The number of aliphatic hydroxyl groups excluding tert-OH is 1. The van der Waals surface area contributed by atoms with Gasteiger partial charge in [-0.15, -0.1) is 0 Å². The molecule has 32 heavy (non-hydrogen) atoms. The first kappa shape index (κ1) is 21.3. The van der Waals surface area contributed by atoms with Crippen molar-refractivity contribution in [3.63, 3.8) is 0 Å². The van der Waals surface area contributed by atoms with Crippen molar-refractivity contribution in [1.82, 2.24) is 19.4 Å². The number of imidazole rings is 1. The Kier molecular flexibility index (Phi) is 6.30. The number of carbonyl (C=O) groups excluding carboxylic acids is 2. The molecule has 1 N–H and O–H groups in total. The molecule has 4 rings (SSSR count). The van der Waals surface area contributed by atoms with Gasteiger partial charge in [-0.25, -0.2) is 4.98 Å². The van der Waals surface area contributed by atoms with Gasteiger partial charge in [0.1, 0.15) is 11.5 Å². The molecule has 0 aliphatic carbocycles. The van der Waals surface area contributed by atoms with Crippen LogP contribution in [-0.2, 0) is 16.1 Å². The summed E-state index contributed by atoms with van der Waals surface area (Å²) in [5.41, 5.74) is 1.14. The number of ketones is 1. The number of aliphatic hydroxyl groups is 1. The van der Waals surface area contributed by atoms with E-state index in [4.69, 9.17) is 4.74 Å². The van der Waals surface area contributed by atoms with Crippen LogP contribution < -0.4 is 4.74 Å². The Bertz CT molecular complexity index is 1130. The second-order valence-corrected chi connectivity index (χ2v) is 7.39. The number of benzene rings is 1. The van der Waals surface area contributed by atoms with E-state index in [0.717, 1.165) is 0 Å². The summed E-state index contributed by atoms with van der Waals surface area (Å²) in [5.74, 6) is -0.993. The van der Waals surface area contributed by atoms with Gasteiger partial charge in [0.15, 0.2) is 0 Å². The third-order valence-corrected chi connectivity index (χ3v) is 5.33. The van der Waals surface area contributed by atoms with Gasteiger partial charge >= 0.3 is 0 Å². The molecule has 3 heterocycles. The highest BCUT2D eigenvalue weighted by molar-refractivity contribution is 6.46. The summed E-state index contributed by atoms with van der Waals surface area (Å²) in [6.45, 7) is 3.34. The quantitative estimate of drug-likeness (QED) is 0.334. The lowest BCUT2D eigenvalue weighted by Gasteiger charge is -2.25. The fourth-order valence-corrected chi connectivity index (χ4v) is 3.89. The molecule has 0 saturated carbocycles. The molecule has 1 atom stereocenters. The minimum Gasteiger partial charge on any atom is -0.507 e. The number of nitrogens with zero attached hydrogens (tertiary/aromatic N) is 4. The highest BCUT2D eigenvalue weighted by atomic mass is 16.5. The van der Waals surface area contributed by atoms with E-state index in [9.17, 15) is 14.7 Å². The van der Waals surface area contributed by atoms with E-state index in [2.05, 4.69) is 9.97 Å². The summed E-state index contributed by atoms with van der Waals surface area (Å²) >= 11 is 0. The van der Waals surface area contributed by atoms with E-state index in [-0.39, 0.29) is 11.3 Å². The molecule has 1 fully saturated rings. The summed E-state index contributed by atoms with van der Waals surface area (Å²) in [5, 5.41) is 11.1. The highest BCUT2D eigenvalue weighted by Crippen LogP contribution is 2.39. The van der Waals surface area contributed by atoms with Crippen molar-refractivity contribution in [3.8, 4) is 5.75 Å². The maximum Gasteiger partial charge on any atom is 0.295 e. The number of rotatable bonds is 8. The highest BCUT2D eigenvalue weighted by Gasteiger charge is 2.45. The van der Waals surface area contributed by atoms with Crippen LogP contribution in [0, 0.1) is 0 Å². The van der Waals surface area contributed by atoms with Crippen molar-refractivity contribution in [2.45, 2.75) is 25.9 Å². The Hall–Kier alpha value is -3.94. The number of hydrogen-bond acceptors (Lipinski definition) is 6. The molecule has 2 aromatic heterocycles. The second kappa shape index (κ2) is 9.47. The van der Waals surface area contributed by atoms with Crippen LogP contribution in [0.3, 0.4) is 0 Å². The number of aryl methyl sites for hydroxylation is 1. The van der Waals surface area contributed by atoms with Crippen LogP contribution in [0.25, 0.3) is 5.76 Å². The monoisotopic (exact) mass is 432 g/mol. The van der Waals surface area contributed by atoms with Crippen LogP contribution in [-0.4, -0.2) is 49.4 Å². The standard InChI is InChI=1S/C24H24N4O4/c1-2-32-19-8-3-6-17(14-19)22(29)20-21(18-7-4-9-25-15-18)28(24(31)23(20)30)12-5-11-27-13-10-26-16-27/h3-4,6-10,13-16,21,29H,2,5,11-12H2,1H3. The Balaban J connectivity index is 1.71. The molecule has 3 aromatic rings. The second-order valence-electron chi connectivity index (χ2n) is 7.39. The Morgan fingerprint density at radius 2 is 2.00 bits per heavy atom. The van der Waals surface area contributed by atoms with Crippen LogP contribution in [0.5, 0.6) is 5.75 Å². The summed E-state index contributed by atoms with van der Waals surface area (Å²) in [4.78, 5) is 35.7. The van der Waals surface area contributed by atoms with Crippen molar-refractivity contribution in [3.05, 3.63) is 84.2 Å². The first-order chi connectivity index (χ1) is 15.6. The molecule has 1 aliphatic heterocycles. The van der Waals surface area contributed by atoms with Gasteiger partial charge in [-0.1, -0.05) is 18.2 Å². The lowest BCUT2D eigenvalue weighted by Crippen LogP contribution is -2.31. The zero-order valence-electron chi connectivity index (χ0n) is 17.7. The Morgan fingerprint density at radius 1 is 1.12 bits per heavy atom. The summed E-state index contributed by atoms with van der Waals surface area (Å²) in [6.07, 6.45) is 9.11. The molecule has 0 radical (unpaired) electrons. The van der Waals surface area contributed by atoms with Crippen LogP contribution in [0.2, 0.25) is 0 Å². The molecule has 0 bridgehead atoms. The van der Waals surface area contributed by atoms with Crippen LogP contribution in [0.1, 0.15) is 30.5 Å². The van der Waals surface area contributed by atoms with Crippen molar-refractivity contribution in [2.24, 2.45) is 0 Å². The van der Waals surface area contributed by atoms with Crippen LogP contribution in [0.15, 0.2) is 73.1 Å². The molecule has 0 spiro atoms. The van der Waals surface area contributed by atoms with E-state index in [1.165, 1.54) is 4.90 Å². The molecular weight excluding hydrogens is 408 g/mol. The maximum atomic E-state index is 13.0. The fraction of sp³-hybridized carbons (Fsp3) is 0.250. The predicted molar refractivity (Wildman–Crippen MR) is 118 cm³/mol. The summed E-state index contributed by atoms with van der Waals surface area (Å²) in [7, 11) is 0. The summed E-state index contributed by atoms with van der Waals surface area (Å²) in [6, 6.07) is 9.68. The first-order valence-electron chi connectivity index (χ1n) is 10.5. The Labute approximate surface area is 185 Å². The van der Waals surface area contributed by atoms with E-state index in [0.29, 0.717) is 43.0 Å². The largest absolute Gasteiger partial charge is 0.507 e. The van der Waals surface area contributed by atoms with Gasteiger partial charge in [-0.05, 0) is 37.1 Å². The topological polar surface area (TPSA) is 97.6 Å². The van der Waals surface area contributed by atoms with Crippen molar-refractivity contribution in [2.75, 3.05) is 13.2 Å². The lowest BCUT2D eigenvalue weighted by molar-refractivity contribution is -0.139. The molecule has 1 amide bonds. The van der Waals surface area contributed by atoms with Gasteiger partial charge in [0.2, 0.25) is 0 Å². The van der Waals surface area contributed by atoms with Crippen molar-refractivity contribution >= 4 is 17.4 Å². The average Bonchev–Trinajstić information content (AvgIpc) is 3.42. The number of pyridine rings is 1. The third-order valence-electron chi connectivity index (χ3n) is 5.33. The van der Waals surface area contributed by atoms with Crippen molar-refractivity contribution in [1.29, 1.82) is 0 Å². The molecular formula is C24H24N4O4. The number of aromatic nitrogens is 3. The number of Topliss-reactive ketones (excluding diaryl/α,β-unsaturated/α-hetero) is 1. The number of likely N-dealkylation sites (tertiary alicyclic amines) is 1. The zero-order valence-corrected chi connectivity index (χ0v) is 17.7. The first-order valence-corrected chi connectivity index (χ1v) is 10.5. The maximum absolute atomic E-state index is 13.0. The molecule has 1 aromatic carbocycles. The zero-order chi connectivity index (χ0) is 22.5. The van der Waals surface area contributed by atoms with E-state index in [1.807, 2.05) is 17.7 Å². The molecule has 1 unspecified atom stereocenters. The number of carbonyl (C=O) groups is 2. The van der Waals surface area contributed by atoms with Crippen molar-refractivity contribution < 1.29 is 19.4 Å². The van der Waals surface area contributed by atoms with E-state index in [1.54, 1.807) is 61.3 Å². The predicted octanol–water partition coefficient (Wildman–Crippen LogP) is 3.19. The fourth-order valence-electron chi connectivity index (χ4n) is 3.89. The minimum absolute atomic E-state index is 0.0549. The number of hydrogen-bond donors (Lipinski definition) is 1. The number of ether oxygens (including phenoxy) is 1. The molecule has 164 valence electrons. The van der Waals surface area contributed by atoms with Gasteiger partial charge in [-0.2, -0.15) is 0 Å². The van der Waals surface area contributed by atoms with Gasteiger partial charge in [-0.3, -0.25) is 14.6 Å². The van der Waals surface area contributed by atoms with Crippen LogP contribution in [0.4, 0.5) is 0 Å². The Morgan fingerprint density at radius 3 is 2.72 bits per heavy atom. The molecule has 8 nitrogen and oxygen atoms in total. The van der Waals surface area contributed by atoms with E-state index < -0.39 is 17.7 Å². The average molecular weight is 432 g/mol. The minimum atomic E-state index is -0.720. The third kappa shape index (κ3) is 4.25. The van der Waals surface area contributed by atoms with Gasteiger partial charge in [0, 0.05) is 43.4 Å². The molecule has 8 heteroatoms. The van der Waals surface area contributed by atoms with E-state index >= 15 is 0 Å². The SMILES string of the molecule is CCOc1cccc(C(O)=C2C(=O)C(=O)N(CCCn3ccnc3)C2c2cccnc2)c1. The summed E-state index contributed by atoms with van der Waals surface area (Å²) < 4.78 is 7.43. The molecule has 1 saturated heterocycles. The van der Waals surface area contributed by atoms with Gasteiger partial charge in [0.25, 0.3) is 11.7 Å². The van der Waals surface area contributed by atoms with Gasteiger partial charge in [0.05, 0.1) is 24.5 Å². The lowest BCUT2D eigenvalue weighted by atomic mass is 9.96. The van der Waals surface area contributed by atoms with Crippen LogP contribution >= 0.6 is 0 Å². The van der Waals surface area contributed by atoms with Gasteiger partial charge < -0.3 is 19.3 Å². The smallest absolute Gasteiger partial charge is 0.295 e. The number of amides is 1.